The molecule has 1 aromatic carbocycles. The number of rotatable bonds is 4. The molecular formula is C20H29IN4O. The molecule has 2 aliphatic heterocycles. The second-order valence-corrected chi connectivity index (χ2v) is 7.31. The Morgan fingerprint density at radius 2 is 2.15 bits per heavy atom. The Morgan fingerprint density at radius 1 is 1.31 bits per heavy atom. The van der Waals surface area contributed by atoms with E-state index in [1.807, 2.05) is 0 Å². The van der Waals surface area contributed by atoms with Crippen LogP contribution in [0.5, 0.6) is 0 Å². The van der Waals surface area contributed by atoms with E-state index in [1.165, 1.54) is 40.6 Å². The number of nitrogens with zero attached hydrogens (tertiary/aromatic N) is 1. The summed E-state index contributed by atoms with van der Waals surface area (Å²) >= 11 is 0. The number of halogens is 1. The molecule has 142 valence electrons. The first-order valence-corrected chi connectivity index (χ1v) is 9.42. The van der Waals surface area contributed by atoms with E-state index in [0.717, 1.165) is 18.9 Å². The second kappa shape index (κ2) is 8.17. The zero-order valence-corrected chi connectivity index (χ0v) is 18.1. The minimum atomic E-state index is 0. The molecule has 1 aromatic heterocycles. The number of hydrogen-bond acceptors (Lipinski definition) is 2. The third kappa shape index (κ3) is 3.86. The maximum atomic E-state index is 5.94. The summed E-state index contributed by atoms with van der Waals surface area (Å²) < 4.78 is 5.94. The summed E-state index contributed by atoms with van der Waals surface area (Å²) in [6.45, 7) is 7.94. The summed E-state index contributed by atoms with van der Waals surface area (Å²) in [7, 11) is 0. The van der Waals surface area contributed by atoms with Crippen LogP contribution in [0.1, 0.15) is 43.0 Å². The van der Waals surface area contributed by atoms with Crippen molar-refractivity contribution in [1.82, 2.24) is 15.6 Å². The third-order valence-electron chi connectivity index (χ3n) is 5.56. The van der Waals surface area contributed by atoms with E-state index < -0.39 is 0 Å². The first kappa shape index (κ1) is 19.5. The van der Waals surface area contributed by atoms with Gasteiger partial charge in [0.25, 0.3) is 0 Å². The van der Waals surface area contributed by atoms with Crippen molar-refractivity contribution in [2.45, 2.75) is 64.8 Å². The molecule has 26 heavy (non-hydrogen) atoms. The van der Waals surface area contributed by atoms with Crippen molar-refractivity contribution < 1.29 is 4.74 Å². The SMILES string of the molecule is CCNC(=NCc1ccc2[nH]c(C)c(C)c2c1)NC1CC2CCC1O2.I. The number of hydrogen-bond donors (Lipinski definition) is 3. The van der Waals surface area contributed by atoms with Crippen LogP contribution in [0.15, 0.2) is 23.2 Å². The zero-order valence-electron chi connectivity index (χ0n) is 15.8. The largest absolute Gasteiger partial charge is 0.373 e. The molecule has 0 radical (unpaired) electrons. The maximum absolute atomic E-state index is 5.94. The molecule has 3 N–H and O–H groups in total. The van der Waals surface area contributed by atoms with Crippen LogP contribution in [0.4, 0.5) is 0 Å². The number of aromatic nitrogens is 1. The zero-order chi connectivity index (χ0) is 17.4. The Bertz CT molecular complexity index is 800. The topological polar surface area (TPSA) is 61.4 Å². The van der Waals surface area contributed by atoms with Gasteiger partial charge in [0.15, 0.2) is 5.96 Å². The summed E-state index contributed by atoms with van der Waals surface area (Å²) in [5, 5.41) is 8.24. The van der Waals surface area contributed by atoms with Gasteiger partial charge in [0.2, 0.25) is 0 Å². The molecular weight excluding hydrogens is 439 g/mol. The smallest absolute Gasteiger partial charge is 0.191 e. The molecule has 0 aliphatic carbocycles. The van der Waals surface area contributed by atoms with E-state index in [2.05, 4.69) is 54.6 Å². The van der Waals surface area contributed by atoms with Gasteiger partial charge in [0.05, 0.1) is 24.8 Å². The highest BCUT2D eigenvalue weighted by Gasteiger charge is 2.41. The normalized spacial score (nSPS) is 24.7. The quantitative estimate of drug-likeness (QED) is 0.364. The number of guanidine groups is 1. The van der Waals surface area contributed by atoms with Crippen molar-refractivity contribution in [2.24, 2.45) is 4.99 Å². The highest BCUT2D eigenvalue weighted by molar-refractivity contribution is 14.0. The predicted molar refractivity (Wildman–Crippen MR) is 117 cm³/mol. The lowest BCUT2D eigenvalue weighted by molar-refractivity contribution is 0.0992. The van der Waals surface area contributed by atoms with Crippen LogP contribution in [-0.4, -0.2) is 35.7 Å². The Morgan fingerprint density at radius 3 is 2.85 bits per heavy atom. The lowest BCUT2D eigenvalue weighted by Gasteiger charge is -2.22. The molecule has 3 heterocycles. The van der Waals surface area contributed by atoms with Gasteiger partial charge in [-0.05, 0) is 63.3 Å². The van der Waals surface area contributed by atoms with E-state index in [4.69, 9.17) is 9.73 Å². The predicted octanol–water partition coefficient (Wildman–Crippen LogP) is 3.78. The van der Waals surface area contributed by atoms with Crippen LogP contribution in [0.2, 0.25) is 0 Å². The monoisotopic (exact) mass is 468 g/mol. The van der Waals surface area contributed by atoms with Crippen LogP contribution in [0, 0.1) is 13.8 Å². The van der Waals surface area contributed by atoms with E-state index in [0.29, 0.717) is 24.8 Å². The van der Waals surface area contributed by atoms with Gasteiger partial charge < -0.3 is 20.4 Å². The summed E-state index contributed by atoms with van der Waals surface area (Å²) in [6, 6.07) is 6.96. The van der Waals surface area contributed by atoms with Crippen molar-refractivity contribution in [3.8, 4) is 0 Å². The molecule has 5 nitrogen and oxygen atoms in total. The molecule has 2 saturated heterocycles. The van der Waals surface area contributed by atoms with E-state index in [9.17, 15) is 0 Å². The Labute approximate surface area is 172 Å². The molecule has 2 bridgehead atoms. The molecule has 6 heteroatoms. The molecule has 0 spiro atoms. The third-order valence-corrected chi connectivity index (χ3v) is 5.56. The van der Waals surface area contributed by atoms with Crippen molar-refractivity contribution in [2.75, 3.05) is 6.54 Å². The summed E-state index contributed by atoms with van der Waals surface area (Å²) in [5.41, 5.74) is 5.00. The number of ether oxygens (including phenoxy) is 1. The van der Waals surface area contributed by atoms with Gasteiger partial charge in [-0.15, -0.1) is 24.0 Å². The molecule has 2 aliphatic rings. The van der Waals surface area contributed by atoms with Gasteiger partial charge in [-0.1, -0.05) is 6.07 Å². The average Bonchev–Trinajstić information content (AvgIpc) is 3.29. The first-order chi connectivity index (χ1) is 12.1. The Kier molecular flexibility index (Phi) is 6.12. The highest BCUT2D eigenvalue weighted by atomic mass is 127. The molecule has 0 amide bonds. The average molecular weight is 468 g/mol. The molecule has 3 atom stereocenters. The van der Waals surface area contributed by atoms with Crippen molar-refractivity contribution >= 4 is 40.8 Å². The van der Waals surface area contributed by atoms with Crippen LogP contribution in [0.3, 0.4) is 0 Å². The number of H-pyrrole nitrogens is 1. The summed E-state index contributed by atoms with van der Waals surface area (Å²) in [5.74, 6) is 0.894. The Balaban J connectivity index is 0.00000196. The van der Waals surface area contributed by atoms with Crippen LogP contribution in [-0.2, 0) is 11.3 Å². The fraction of sp³-hybridized carbons (Fsp3) is 0.550. The van der Waals surface area contributed by atoms with Gasteiger partial charge in [0, 0.05) is 23.1 Å². The van der Waals surface area contributed by atoms with Crippen molar-refractivity contribution in [3.63, 3.8) is 0 Å². The van der Waals surface area contributed by atoms with E-state index >= 15 is 0 Å². The van der Waals surface area contributed by atoms with Crippen molar-refractivity contribution in [1.29, 1.82) is 0 Å². The fourth-order valence-electron chi connectivity index (χ4n) is 4.06. The number of aliphatic imine (C=N–C) groups is 1. The number of fused-ring (bicyclic) bond motifs is 3. The maximum Gasteiger partial charge on any atom is 0.191 e. The highest BCUT2D eigenvalue weighted by Crippen LogP contribution is 2.34. The Hall–Kier alpha value is -1.28. The number of benzene rings is 1. The van der Waals surface area contributed by atoms with Crippen LogP contribution in [0.25, 0.3) is 10.9 Å². The van der Waals surface area contributed by atoms with Gasteiger partial charge in [0.1, 0.15) is 0 Å². The standard InChI is InChI=1S/C20H28N4O.HI/c1-4-21-20(24-18-10-15-6-8-19(18)25-15)22-11-14-5-7-17-16(9-14)12(2)13(3)23-17;/h5,7,9,15,18-19,23H,4,6,8,10-11H2,1-3H3,(H2,21,22,24);1H. The minimum absolute atomic E-state index is 0. The lowest BCUT2D eigenvalue weighted by atomic mass is 9.96. The van der Waals surface area contributed by atoms with E-state index in [-0.39, 0.29) is 24.0 Å². The number of aryl methyl sites for hydroxylation is 2. The first-order valence-electron chi connectivity index (χ1n) is 9.42. The van der Waals surface area contributed by atoms with E-state index in [1.54, 1.807) is 0 Å². The summed E-state index contributed by atoms with van der Waals surface area (Å²) in [6.07, 6.45) is 4.29. The van der Waals surface area contributed by atoms with Gasteiger partial charge in [-0.3, -0.25) is 0 Å². The fourth-order valence-corrected chi connectivity index (χ4v) is 4.06. The van der Waals surface area contributed by atoms with Crippen LogP contribution >= 0.6 is 24.0 Å². The van der Waals surface area contributed by atoms with Gasteiger partial charge >= 0.3 is 0 Å². The number of nitrogens with one attached hydrogen (secondary N) is 3. The van der Waals surface area contributed by atoms with Gasteiger partial charge in [-0.25, -0.2) is 4.99 Å². The minimum Gasteiger partial charge on any atom is -0.373 e. The van der Waals surface area contributed by atoms with Gasteiger partial charge in [-0.2, -0.15) is 0 Å². The number of aromatic amines is 1. The molecule has 0 saturated carbocycles. The molecule has 4 rings (SSSR count). The van der Waals surface area contributed by atoms with Crippen molar-refractivity contribution in [3.05, 3.63) is 35.0 Å². The second-order valence-electron chi connectivity index (χ2n) is 7.31. The summed E-state index contributed by atoms with van der Waals surface area (Å²) in [4.78, 5) is 8.23. The molecule has 3 unspecified atom stereocenters. The molecule has 2 aromatic rings. The lowest BCUT2D eigenvalue weighted by Crippen LogP contribution is -2.47. The van der Waals surface area contributed by atoms with Crippen LogP contribution < -0.4 is 10.6 Å². The molecule has 2 fully saturated rings.